The molecule has 0 aromatic heterocycles. The van der Waals surface area contributed by atoms with Crippen LogP contribution in [0.1, 0.15) is 19.8 Å². The van der Waals surface area contributed by atoms with Gasteiger partial charge >= 0.3 is 0 Å². The lowest BCUT2D eigenvalue weighted by molar-refractivity contribution is -0.133. The number of likely N-dealkylation sites (N-methyl/N-ethyl adjacent to an activating group) is 1. The van der Waals surface area contributed by atoms with Gasteiger partial charge in [-0.05, 0) is 19.4 Å². The van der Waals surface area contributed by atoms with Crippen LogP contribution >= 0.6 is 0 Å². The molecule has 1 saturated heterocycles. The molecule has 4 nitrogen and oxygen atoms in total. The van der Waals surface area contributed by atoms with Gasteiger partial charge in [-0.2, -0.15) is 0 Å². The number of carbonyl (C=O) groups excluding carboxylic acids is 1. The first-order chi connectivity index (χ1) is 6.56. The van der Waals surface area contributed by atoms with Crippen molar-refractivity contribution in [1.82, 2.24) is 9.80 Å². The first kappa shape index (κ1) is 11.5. The van der Waals surface area contributed by atoms with Crippen LogP contribution in [0.2, 0.25) is 0 Å². The van der Waals surface area contributed by atoms with Crippen molar-refractivity contribution in [3.8, 4) is 0 Å². The highest BCUT2D eigenvalue weighted by Crippen LogP contribution is 2.19. The second kappa shape index (κ2) is 4.75. The minimum Gasteiger partial charge on any atom is -0.392 e. The highest BCUT2D eigenvalue weighted by atomic mass is 16.3. The van der Waals surface area contributed by atoms with Gasteiger partial charge in [0, 0.05) is 20.6 Å². The maximum atomic E-state index is 11.7. The molecule has 0 aliphatic carbocycles. The minimum absolute atomic E-state index is 0.106. The van der Waals surface area contributed by atoms with Gasteiger partial charge in [-0.3, -0.25) is 9.69 Å². The Kier molecular flexibility index (Phi) is 3.89. The van der Waals surface area contributed by atoms with E-state index in [4.69, 9.17) is 0 Å². The van der Waals surface area contributed by atoms with Crippen molar-refractivity contribution < 1.29 is 9.90 Å². The summed E-state index contributed by atoms with van der Waals surface area (Å²) in [6.45, 7) is 3.61. The van der Waals surface area contributed by atoms with E-state index in [-0.39, 0.29) is 18.1 Å². The van der Waals surface area contributed by atoms with Crippen LogP contribution in [0.4, 0.5) is 0 Å². The number of hydrogen-bond donors (Lipinski definition) is 1. The van der Waals surface area contributed by atoms with Crippen LogP contribution in [-0.2, 0) is 4.79 Å². The van der Waals surface area contributed by atoms with E-state index in [1.54, 1.807) is 19.0 Å². The Morgan fingerprint density at radius 2 is 2.21 bits per heavy atom. The standard InChI is InChI=1S/C10H20N2O2/c1-4-5-12-7-8(13)6-9(12)10(14)11(2)3/h8-9,13H,4-7H2,1-3H3/t8-,9-/m0/s1. The normalized spacial score (nSPS) is 28.0. The van der Waals surface area contributed by atoms with Crippen LogP contribution in [0.15, 0.2) is 0 Å². The van der Waals surface area contributed by atoms with Gasteiger partial charge in [0.2, 0.25) is 5.91 Å². The molecule has 0 radical (unpaired) electrons. The zero-order valence-electron chi connectivity index (χ0n) is 9.23. The lowest BCUT2D eigenvalue weighted by Gasteiger charge is -2.25. The van der Waals surface area contributed by atoms with Gasteiger partial charge in [0.15, 0.2) is 0 Å². The predicted molar refractivity (Wildman–Crippen MR) is 55.0 cm³/mol. The third-order valence-electron chi connectivity index (χ3n) is 2.62. The fourth-order valence-corrected chi connectivity index (χ4v) is 1.97. The average molecular weight is 200 g/mol. The average Bonchev–Trinajstić information content (AvgIpc) is 2.46. The first-order valence-electron chi connectivity index (χ1n) is 5.19. The number of hydrogen-bond acceptors (Lipinski definition) is 3. The van der Waals surface area contributed by atoms with Gasteiger partial charge in [-0.25, -0.2) is 0 Å². The largest absolute Gasteiger partial charge is 0.392 e. The smallest absolute Gasteiger partial charge is 0.239 e. The van der Waals surface area contributed by atoms with Crippen LogP contribution in [0, 0.1) is 0 Å². The summed E-state index contributed by atoms with van der Waals surface area (Å²) in [6, 6.07) is -0.111. The Morgan fingerprint density at radius 1 is 1.57 bits per heavy atom. The van der Waals surface area contributed by atoms with Crippen LogP contribution in [0.3, 0.4) is 0 Å². The molecule has 2 atom stereocenters. The Hall–Kier alpha value is -0.610. The number of nitrogens with zero attached hydrogens (tertiary/aromatic N) is 2. The molecule has 4 heteroatoms. The van der Waals surface area contributed by atoms with E-state index in [0.29, 0.717) is 13.0 Å². The van der Waals surface area contributed by atoms with Crippen molar-refractivity contribution in [2.75, 3.05) is 27.2 Å². The number of rotatable bonds is 3. The molecule has 1 heterocycles. The number of β-amino-alcohol motifs (C(OH)–C–C–N with tert-alkyl or cyclic N) is 1. The molecule has 1 fully saturated rings. The summed E-state index contributed by atoms with van der Waals surface area (Å²) < 4.78 is 0. The van der Waals surface area contributed by atoms with E-state index in [9.17, 15) is 9.90 Å². The number of aliphatic hydroxyl groups excluding tert-OH is 1. The van der Waals surface area contributed by atoms with Crippen molar-refractivity contribution in [3.63, 3.8) is 0 Å². The molecule has 0 unspecified atom stereocenters. The molecule has 0 bridgehead atoms. The monoisotopic (exact) mass is 200 g/mol. The van der Waals surface area contributed by atoms with Crippen LogP contribution in [0.25, 0.3) is 0 Å². The quantitative estimate of drug-likeness (QED) is 0.693. The lowest BCUT2D eigenvalue weighted by Crippen LogP contribution is -2.42. The molecule has 0 saturated carbocycles. The molecule has 0 aromatic rings. The molecule has 82 valence electrons. The van der Waals surface area contributed by atoms with E-state index in [2.05, 4.69) is 11.8 Å². The van der Waals surface area contributed by atoms with Gasteiger partial charge in [-0.1, -0.05) is 6.92 Å². The Labute approximate surface area is 85.5 Å². The maximum Gasteiger partial charge on any atom is 0.239 e. The van der Waals surface area contributed by atoms with Gasteiger partial charge in [0.1, 0.15) is 0 Å². The van der Waals surface area contributed by atoms with Crippen molar-refractivity contribution in [3.05, 3.63) is 0 Å². The third kappa shape index (κ3) is 2.45. The topological polar surface area (TPSA) is 43.8 Å². The van der Waals surface area contributed by atoms with Crippen molar-refractivity contribution in [2.45, 2.75) is 31.9 Å². The van der Waals surface area contributed by atoms with E-state index in [0.717, 1.165) is 13.0 Å². The molecule has 1 amide bonds. The minimum atomic E-state index is -0.338. The van der Waals surface area contributed by atoms with Gasteiger partial charge in [0.25, 0.3) is 0 Å². The lowest BCUT2D eigenvalue weighted by atomic mass is 10.2. The summed E-state index contributed by atoms with van der Waals surface area (Å²) in [6.07, 6.45) is 1.26. The SMILES string of the molecule is CCCN1C[C@@H](O)C[C@H]1C(=O)N(C)C. The fourth-order valence-electron chi connectivity index (χ4n) is 1.97. The van der Waals surface area contributed by atoms with Crippen LogP contribution in [0.5, 0.6) is 0 Å². The highest BCUT2D eigenvalue weighted by molar-refractivity contribution is 5.81. The van der Waals surface area contributed by atoms with E-state index in [1.165, 1.54) is 0 Å². The van der Waals surface area contributed by atoms with Crippen LogP contribution < -0.4 is 0 Å². The summed E-state index contributed by atoms with van der Waals surface area (Å²) in [5.74, 6) is 0.106. The van der Waals surface area contributed by atoms with Crippen molar-refractivity contribution in [2.24, 2.45) is 0 Å². The fraction of sp³-hybridized carbons (Fsp3) is 0.900. The molecular formula is C10H20N2O2. The molecular weight excluding hydrogens is 180 g/mol. The molecule has 1 N–H and O–H groups in total. The number of likely N-dealkylation sites (tertiary alicyclic amines) is 1. The van der Waals surface area contributed by atoms with E-state index >= 15 is 0 Å². The Morgan fingerprint density at radius 3 is 2.71 bits per heavy atom. The molecule has 1 aliphatic rings. The molecule has 1 rings (SSSR count). The predicted octanol–water partition coefficient (Wildman–Crippen LogP) is -0.0802. The van der Waals surface area contributed by atoms with Crippen LogP contribution in [-0.4, -0.2) is 60.1 Å². The maximum absolute atomic E-state index is 11.7. The summed E-state index contributed by atoms with van der Waals surface area (Å²) in [5, 5.41) is 9.51. The second-order valence-electron chi connectivity index (χ2n) is 4.13. The zero-order chi connectivity index (χ0) is 10.7. The summed E-state index contributed by atoms with van der Waals surface area (Å²) in [5.41, 5.74) is 0. The summed E-state index contributed by atoms with van der Waals surface area (Å²) in [4.78, 5) is 15.4. The Balaban J connectivity index is 2.61. The zero-order valence-corrected chi connectivity index (χ0v) is 9.23. The summed E-state index contributed by atoms with van der Waals surface area (Å²) in [7, 11) is 3.52. The molecule has 0 aromatic carbocycles. The van der Waals surface area contributed by atoms with Crippen molar-refractivity contribution >= 4 is 5.91 Å². The highest BCUT2D eigenvalue weighted by Gasteiger charge is 2.35. The Bertz CT molecular complexity index is 206. The number of amides is 1. The molecule has 14 heavy (non-hydrogen) atoms. The number of carbonyl (C=O) groups is 1. The molecule has 0 spiro atoms. The van der Waals surface area contributed by atoms with Gasteiger partial charge in [-0.15, -0.1) is 0 Å². The number of aliphatic hydroxyl groups is 1. The van der Waals surface area contributed by atoms with E-state index in [1.807, 2.05) is 0 Å². The summed E-state index contributed by atoms with van der Waals surface area (Å²) >= 11 is 0. The van der Waals surface area contributed by atoms with E-state index < -0.39 is 0 Å². The first-order valence-corrected chi connectivity index (χ1v) is 5.19. The molecule has 1 aliphatic heterocycles. The van der Waals surface area contributed by atoms with Gasteiger partial charge in [0.05, 0.1) is 12.1 Å². The van der Waals surface area contributed by atoms with Crippen molar-refractivity contribution in [1.29, 1.82) is 0 Å². The third-order valence-corrected chi connectivity index (χ3v) is 2.62. The van der Waals surface area contributed by atoms with Gasteiger partial charge < -0.3 is 10.0 Å². The second-order valence-corrected chi connectivity index (χ2v) is 4.13.